The predicted octanol–water partition coefficient (Wildman–Crippen LogP) is 2.07. The molecule has 2 amide bonds. The number of aryl methyl sites for hydroxylation is 1. The van der Waals surface area contributed by atoms with Gasteiger partial charge in [0.2, 0.25) is 5.91 Å². The summed E-state index contributed by atoms with van der Waals surface area (Å²) in [7, 11) is 0. The van der Waals surface area contributed by atoms with Crippen LogP contribution >= 0.6 is 11.8 Å². The number of thioether (sulfide) groups is 1. The third kappa shape index (κ3) is 3.26. The number of amides is 2. The zero-order valence-corrected chi connectivity index (χ0v) is 15.0. The topological polar surface area (TPSA) is 66.7 Å². The second kappa shape index (κ2) is 6.84. The third-order valence-electron chi connectivity index (χ3n) is 4.28. The molecule has 0 aliphatic carbocycles. The van der Waals surface area contributed by atoms with Crippen LogP contribution in [0.1, 0.15) is 36.3 Å². The van der Waals surface area contributed by atoms with Gasteiger partial charge in [0, 0.05) is 24.2 Å². The molecule has 1 N–H and O–H groups in total. The fourth-order valence-corrected chi connectivity index (χ4v) is 3.79. The Kier molecular flexibility index (Phi) is 4.80. The number of rotatable bonds is 4. The monoisotopic (exact) mass is 346 g/mol. The summed E-state index contributed by atoms with van der Waals surface area (Å²) < 4.78 is 1.83. The van der Waals surface area contributed by atoms with Crippen molar-refractivity contribution in [3.8, 4) is 0 Å². The van der Waals surface area contributed by atoms with Crippen LogP contribution < -0.4 is 5.32 Å². The highest BCUT2D eigenvalue weighted by atomic mass is 32.2. The molecule has 24 heavy (non-hydrogen) atoms. The van der Waals surface area contributed by atoms with E-state index in [9.17, 15) is 9.59 Å². The molecule has 0 radical (unpaired) electrons. The van der Waals surface area contributed by atoms with Crippen LogP contribution in [-0.2, 0) is 4.79 Å². The zero-order valence-electron chi connectivity index (χ0n) is 14.2. The molecule has 0 aromatic carbocycles. The Labute approximate surface area is 145 Å². The van der Waals surface area contributed by atoms with E-state index in [-0.39, 0.29) is 17.9 Å². The SMILES string of the molecule is CCC(C)NC(=O)C1CSCN1C(=O)c1cn2ccc(C)cc2n1. The average Bonchev–Trinajstić information content (AvgIpc) is 3.20. The van der Waals surface area contributed by atoms with Gasteiger partial charge in [-0.1, -0.05) is 6.92 Å². The van der Waals surface area contributed by atoms with E-state index in [2.05, 4.69) is 10.3 Å². The lowest BCUT2D eigenvalue weighted by Gasteiger charge is -2.23. The predicted molar refractivity (Wildman–Crippen MR) is 95.1 cm³/mol. The Bertz CT molecular complexity index is 773. The van der Waals surface area contributed by atoms with Crippen molar-refractivity contribution in [3.05, 3.63) is 35.8 Å². The first kappa shape index (κ1) is 16.8. The first-order chi connectivity index (χ1) is 11.5. The van der Waals surface area contributed by atoms with E-state index in [1.54, 1.807) is 22.9 Å². The molecule has 1 saturated heterocycles. The molecule has 0 saturated carbocycles. The summed E-state index contributed by atoms with van der Waals surface area (Å²) >= 11 is 1.60. The first-order valence-corrected chi connectivity index (χ1v) is 9.29. The van der Waals surface area contributed by atoms with Crippen molar-refractivity contribution in [2.75, 3.05) is 11.6 Å². The highest BCUT2D eigenvalue weighted by Crippen LogP contribution is 2.23. The lowest BCUT2D eigenvalue weighted by Crippen LogP contribution is -2.49. The van der Waals surface area contributed by atoms with Crippen LogP contribution in [0.5, 0.6) is 0 Å². The smallest absolute Gasteiger partial charge is 0.275 e. The number of carbonyl (C=O) groups is 2. The average molecular weight is 346 g/mol. The van der Waals surface area contributed by atoms with Crippen molar-refractivity contribution in [2.24, 2.45) is 0 Å². The molecule has 2 aromatic heterocycles. The molecule has 6 nitrogen and oxygen atoms in total. The van der Waals surface area contributed by atoms with Crippen molar-refractivity contribution < 1.29 is 9.59 Å². The molecular formula is C17H22N4O2S. The molecule has 1 aliphatic rings. The number of hydrogen-bond acceptors (Lipinski definition) is 4. The number of hydrogen-bond donors (Lipinski definition) is 1. The van der Waals surface area contributed by atoms with Crippen LogP contribution in [-0.4, -0.2) is 49.8 Å². The highest BCUT2D eigenvalue weighted by Gasteiger charge is 2.36. The molecule has 7 heteroatoms. The zero-order chi connectivity index (χ0) is 17.3. The van der Waals surface area contributed by atoms with Gasteiger partial charge in [0.1, 0.15) is 17.4 Å². The van der Waals surface area contributed by atoms with Crippen molar-refractivity contribution in [1.29, 1.82) is 0 Å². The quantitative estimate of drug-likeness (QED) is 0.920. The van der Waals surface area contributed by atoms with Gasteiger partial charge >= 0.3 is 0 Å². The van der Waals surface area contributed by atoms with Gasteiger partial charge in [-0.2, -0.15) is 0 Å². The highest BCUT2D eigenvalue weighted by molar-refractivity contribution is 7.99. The Hall–Kier alpha value is -2.02. The van der Waals surface area contributed by atoms with Gasteiger partial charge in [0.25, 0.3) is 5.91 Å². The molecule has 2 aromatic rings. The van der Waals surface area contributed by atoms with E-state index in [0.717, 1.165) is 17.6 Å². The molecule has 3 rings (SSSR count). The number of pyridine rings is 1. The molecule has 2 unspecified atom stereocenters. The number of imidazole rings is 1. The maximum absolute atomic E-state index is 12.8. The fourth-order valence-electron chi connectivity index (χ4n) is 2.64. The lowest BCUT2D eigenvalue weighted by atomic mass is 10.2. The van der Waals surface area contributed by atoms with Crippen LogP contribution in [0.4, 0.5) is 0 Å². The van der Waals surface area contributed by atoms with Crippen molar-refractivity contribution >= 4 is 29.2 Å². The summed E-state index contributed by atoms with van der Waals surface area (Å²) in [6.45, 7) is 5.98. The second-order valence-corrected chi connectivity index (χ2v) is 7.20. The van der Waals surface area contributed by atoms with E-state index in [4.69, 9.17) is 0 Å². The number of nitrogens with zero attached hydrogens (tertiary/aromatic N) is 3. The van der Waals surface area contributed by atoms with Crippen LogP contribution in [0.25, 0.3) is 5.65 Å². The Morgan fingerprint density at radius 1 is 1.50 bits per heavy atom. The van der Waals surface area contributed by atoms with E-state index >= 15 is 0 Å². The summed E-state index contributed by atoms with van der Waals surface area (Å²) in [6.07, 6.45) is 4.48. The minimum absolute atomic E-state index is 0.0812. The van der Waals surface area contributed by atoms with Crippen LogP contribution in [0.2, 0.25) is 0 Å². The van der Waals surface area contributed by atoms with Crippen molar-refractivity contribution in [2.45, 2.75) is 39.3 Å². The molecule has 1 aliphatic heterocycles. The van der Waals surface area contributed by atoms with Crippen molar-refractivity contribution in [3.63, 3.8) is 0 Å². The van der Waals surface area contributed by atoms with E-state index in [0.29, 0.717) is 17.3 Å². The van der Waals surface area contributed by atoms with Gasteiger partial charge in [-0.15, -0.1) is 11.8 Å². The van der Waals surface area contributed by atoms with E-state index < -0.39 is 6.04 Å². The number of fused-ring (bicyclic) bond motifs is 1. The minimum atomic E-state index is -0.428. The minimum Gasteiger partial charge on any atom is -0.352 e. The molecule has 1 fully saturated rings. The van der Waals surface area contributed by atoms with Gasteiger partial charge in [0.15, 0.2) is 0 Å². The van der Waals surface area contributed by atoms with Crippen molar-refractivity contribution in [1.82, 2.24) is 19.6 Å². The number of aromatic nitrogens is 2. The summed E-state index contributed by atoms with van der Waals surface area (Å²) in [4.78, 5) is 31.3. The van der Waals surface area contributed by atoms with Gasteiger partial charge in [-0.3, -0.25) is 9.59 Å². The van der Waals surface area contributed by atoms with Crippen LogP contribution in [0, 0.1) is 6.92 Å². The van der Waals surface area contributed by atoms with Gasteiger partial charge < -0.3 is 14.6 Å². The number of nitrogens with one attached hydrogen (secondary N) is 1. The Morgan fingerprint density at radius 2 is 2.29 bits per heavy atom. The fraction of sp³-hybridized carbons (Fsp3) is 0.471. The maximum atomic E-state index is 12.8. The second-order valence-electron chi connectivity index (χ2n) is 6.20. The Balaban J connectivity index is 1.80. The Morgan fingerprint density at radius 3 is 3.04 bits per heavy atom. The van der Waals surface area contributed by atoms with Gasteiger partial charge in [0.05, 0.1) is 5.88 Å². The molecule has 0 bridgehead atoms. The summed E-state index contributed by atoms with van der Waals surface area (Å²) in [5.41, 5.74) is 2.21. The van der Waals surface area contributed by atoms with Crippen LogP contribution in [0.3, 0.4) is 0 Å². The van der Waals surface area contributed by atoms with Crippen LogP contribution in [0.15, 0.2) is 24.5 Å². The van der Waals surface area contributed by atoms with Gasteiger partial charge in [-0.25, -0.2) is 4.98 Å². The molecular weight excluding hydrogens is 324 g/mol. The van der Waals surface area contributed by atoms with E-state index in [1.165, 1.54) is 0 Å². The summed E-state index contributed by atoms with van der Waals surface area (Å²) in [6, 6.07) is 3.58. The maximum Gasteiger partial charge on any atom is 0.275 e. The van der Waals surface area contributed by atoms with E-state index in [1.807, 2.05) is 43.5 Å². The normalized spacial score (nSPS) is 18.8. The molecule has 3 heterocycles. The third-order valence-corrected chi connectivity index (χ3v) is 5.29. The molecule has 128 valence electrons. The molecule has 2 atom stereocenters. The van der Waals surface area contributed by atoms with Gasteiger partial charge in [-0.05, 0) is 38.0 Å². The lowest BCUT2D eigenvalue weighted by molar-refractivity contribution is -0.125. The standard InChI is InChI=1S/C17H22N4O2S/c1-4-12(3)18-16(22)14-9-24-10-21(14)17(23)13-8-20-6-5-11(2)7-15(20)19-13/h5-8,12,14H,4,9-10H2,1-3H3,(H,18,22). The number of carbonyl (C=O) groups excluding carboxylic acids is 2. The largest absolute Gasteiger partial charge is 0.352 e. The molecule has 0 spiro atoms. The first-order valence-electron chi connectivity index (χ1n) is 8.14. The summed E-state index contributed by atoms with van der Waals surface area (Å²) in [5.74, 6) is 0.873. The summed E-state index contributed by atoms with van der Waals surface area (Å²) in [5, 5.41) is 2.97.